The summed E-state index contributed by atoms with van der Waals surface area (Å²) in [6.07, 6.45) is 8.03. The zero-order chi connectivity index (χ0) is 13.0. The quantitative estimate of drug-likeness (QED) is 0.883. The SMILES string of the molecule is CCCNC(=O)c1c(N)sc2c1CCCCCC2. The molecule has 0 fully saturated rings. The lowest BCUT2D eigenvalue weighted by Crippen LogP contribution is -2.25. The summed E-state index contributed by atoms with van der Waals surface area (Å²) in [4.78, 5) is 13.5. The second-order valence-electron chi connectivity index (χ2n) is 4.91. The van der Waals surface area contributed by atoms with Crippen molar-refractivity contribution in [2.75, 3.05) is 12.3 Å². The second kappa shape index (κ2) is 6.23. The van der Waals surface area contributed by atoms with Crippen LogP contribution in [0, 0.1) is 0 Å². The first-order valence-corrected chi connectivity index (χ1v) is 7.74. The summed E-state index contributed by atoms with van der Waals surface area (Å²) in [7, 11) is 0. The summed E-state index contributed by atoms with van der Waals surface area (Å²) in [5, 5.41) is 3.65. The average molecular weight is 266 g/mol. The number of hydrogen-bond donors (Lipinski definition) is 2. The molecule has 1 aromatic rings. The minimum absolute atomic E-state index is 0.0208. The summed E-state index contributed by atoms with van der Waals surface area (Å²) in [5.41, 5.74) is 8.05. The van der Waals surface area contributed by atoms with Crippen molar-refractivity contribution in [1.29, 1.82) is 0 Å². The topological polar surface area (TPSA) is 55.1 Å². The third kappa shape index (κ3) is 2.86. The third-order valence-electron chi connectivity index (χ3n) is 3.46. The van der Waals surface area contributed by atoms with Gasteiger partial charge in [0.05, 0.1) is 10.6 Å². The van der Waals surface area contributed by atoms with Crippen molar-refractivity contribution in [2.24, 2.45) is 0 Å². The number of nitrogens with one attached hydrogen (secondary N) is 1. The molecule has 4 heteroatoms. The Labute approximate surface area is 113 Å². The Bertz CT molecular complexity index is 426. The van der Waals surface area contributed by atoms with E-state index in [9.17, 15) is 4.79 Å². The molecule has 1 aromatic heterocycles. The van der Waals surface area contributed by atoms with Gasteiger partial charge in [0.15, 0.2) is 0 Å². The highest BCUT2D eigenvalue weighted by Crippen LogP contribution is 2.34. The van der Waals surface area contributed by atoms with E-state index in [-0.39, 0.29) is 5.91 Å². The Morgan fingerprint density at radius 3 is 2.72 bits per heavy atom. The van der Waals surface area contributed by atoms with Crippen LogP contribution in [-0.2, 0) is 12.8 Å². The van der Waals surface area contributed by atoms with Crippen molar-refractivity contribution in [3.63, 3.8) is 0 Å². The molecule has 2 rings (SSSR count). The number of carbonyl (C=O) groups is 1. The molecule has 1 amide bonds. The summed E-state index contributed by atoms with van der Waals surface area (Å²) in [6.45, 7) is 2.78. The number of nitrogens with two attached hydrogens (primary N) is 1. The molecule has 1 aliphatic rings. The van der Waals surface area contributed by atoms with Crippen molar-refractivity contribution in [3.05, 3.63) is 16.0 Å². The van der Waals surface area contributed by atoms with Crippen LogP contribution in [0.5, 0.6) is 0 Å². The Kier molecular flexibility index (Phi) is 4.64. The molecular formula is C14H22N2OS. The van der Waals surface area contributed by atoms with Crippen LogP contribution in [0.4, 0.5) is 5.00 Å². The highest BCUT2D eigenvalue weighted by molar-refractivity contribution is 7.16. The Balaban J connectivity index is 2.25. The smallest absolute Gasteiger partial charge is 0.254 e. The molecule has 0 unspecified atom stereocenters. The number of rotatable bonds is 3. The average Bonchev–Trinajstić information content (AvgIpc) is 2.62. The molecule has 0 bridgehead atoms. The third-order valence-corrected chi connectivity index (χ3v) is 4.58. The van der Waals surface area contributed by atoms with E-state index in [4.69, 9.17) is 5.73 Å². The minimum atomic E-state index is 0.0208. The summed E-state index contributed by atoms with van der Waals surface area (Å²) in [5.74, 6) is 0.0208. The van der Waals surface area contributed by atoms with Crippen molar-refractivity contribution in [2.45, 2.75) is 51.9 Å². The molecule has 1 aliphatic carbocycles. The van der Waals surface area contributed by atoms with Crippen molar-refractivity contribution in [1.82, 2.24) is 5.32 Å². The van der Waals surface area contributed by atoms with E-state index < -0.39 is 0 Å². The van der Waals surface area contributed by atoms with Crippen LogP contribution in [0.15, 0.2) is 0 Å². The number of anilines is 1. The Morgan fingerprint density at radius 2 is 2.00 bits per heavy atom. The lowest BCUT2D eigenvalue weighted by atomic mass is 9.96. The number of amides is 1. The number of aryl methyl sites for hydroxylation is 1. The van der Waals surface area contributed by atoms with E-state index in [0.717, 1.165) is 31.4 Å². The first-order chi connectivity index (χ1) is 8.74. The maximum atomic E-state index is 12.2. The van der Waals surface area contributed by atoms with E-state index >= 15 is 0 Å². The van der Waals surface area contributed by atoms with Crippen molar-refractivity contribution in [3.8, 4) is 0 Å². The van der Waals surface area contributed by atoms with Crippen LogP contribution in [0.2, 0.25) is 0 Å². The van der Waals surface area contributed by atoms with Gasteiger partial charge < -0.3 is 11.1 Å². The van der Waals surface area contributed by atoms with Gasteiger partial charge in [0, 0.05) is 11.4 Å². The largest absolute Gasteiger partial charge is 0.390 e. The molecule has 3 N–H and O–H groups in total. The number of carbonyl (C=O) groups excluding carboxylic acids is 1. The van der Waals surface area contributed by atoms with E-state index in [0.29, 0.717) is 5.00 Å². The van der Waals surface area contributed by atoms with Gasteiger partial charge in [0.25, 0.3) is 5.91 Å². The fourth-order valence-electron chi connectivity index (χ4n) is 2.52. The van der Waals surface area contributed by atoms with E-state index in [1.807, 2.05) is 0 Å². The lowest BCUT2D eigenvalue weighted by molar-refractivity contribution is 0.0954. The van der Waals surface area contributed by atoms with Gasteiger partial charge in [-0.05, 0) is 37.7 Å². The molecule has 0 aromatic carbocycles. The summed E-state index contributed by atoms with van der Waals surface area (Å²) < 4.78 is 0. The van der Waals surface area contributed by atoms with E-state index in [1.165, 1.54) is 36.1 Å². The van der Waals surface area contributed by atoms with Gasteiger partial charge in [-0.15, -0.1) is 11.3 Å². The van der Waals surface area contributed by atoms with Gasteiger partial charge in [-0.3, -0.25) is 4.79 Å². The summed E-state index contributed by atoms with van der Waals surface area (Å²) >= 11 is 1.62. The van der Waals surface area contributed by atoms with Crippen LogP contribution < -0.4 is 11.1 Å². The molecule has 0 spiro atoms. The normalized spacial score (nSPS) is 15.6. The zero-order valence-electron chi connectivity index (χ0n) is 11.1. The number of nitrogen functional groups attached to an aromatic ring is 1. The maximum Gasteiger partial charge on any atom is 0.254 e. The predicted molar refractivity (Wildman–Crippen MR) is 77.2 cm³/mol. The molecule has 0 radical (unpaired) electrons. The first kappa shape index (κ1) is 13.4. The summed E-state index contributed by atoms with van der Waals surface area (Å²) in [6, 6.07) is 0. The first-order valence-electron chi connectivity index (χ1n) is 6.92. The second-order valence-corrected chi connectivity index (χ2v) is 6.05. The fraction of sp³-hybridized carbons (Fsp3) is 0.643. The van der Waals surface area contributed by atoms with Crippen LogP contribution in [-0.4, -0.2) is 12.5 Å². The van der Waals surface area contributed by atoms with Gasteiger partial charge in [-0.2, -0.15) is 0 Å². The van der Waals surface area contributed by atoms with Crippen molar-refractivity contribution >= 4 is 22.2 Å². The Hall–Kier alpha value is -1.03. The van der Waals surface area contributed by atoms with Gasteiger partial charge in [-0.1, -0.05) is 19.8 Å². The van der Waals surface area contributed by atoms with Crippen molar-refractivity contribution < 1.29 is 4.79 Å². The van der Waals surface area contributed by atoms with Gasteiger partial charge >= 0.3 is 0 Å². The van der Waals surface area contributed by atoms with Gasteiger partial charge in [0.2, 0.25) is 0 Å². The molecule has 18 heavy (non-hydrogen) atoms. The monoisotopic (exact) mass is 266 g/mol. The van der Waals surface area contributed by atoms with Gasteiger partial charge in [0.1, 0.15) is 0 Å². The van der Waals surface area contributed by atoms with E-state index in [2.05, 4.69) is 12.2 Å². The number of hydrogen-bond acceptors (Lipinski definition) is 3. The lowest BCUT2D eigenvalue weighted by Gasteiger charge is -2.11. The molecule has 100 valence electrons. The van der Waals surface area contributed by atoms with Gasteiger partial charge in [-0.25, -0.2) is 0 Å². The molecule has 0 saturated heterocycles. The highest BCUT2D eigenvalue weighted by atomic mass is 32.1. The minimum Gasteiger partial charge on any atom is -0.390 e. The Morgan fingerprint density at radius 1 is 1.28 bits per heavy atom. The van der Waals surface area contributed by atoms with Crippen LogP contribution in [0.3, 0.4) is 0 Å². The predicted octanol–water partition coefficient (Wildman–Crippen LogP) is 3.13. The zero-order valence-corrected chi connectivity index (χ0v) is 11.9. The van der Waals surface area contributed by atoms with E-state index in [1.54, 1.807) is 11.3 Å². The molecule has 1 heterocycles. The molecule has 0 saturated carbocycles. The van der Waals surface area contributed by atoms with Crippen LogP contribution >= 0.6 is 11.3 Å². The fourth-order valence-corrected chi connectivity index (χ4v) is 3.67. The number of thiophene rings is 1. The standard InChI is InChI=1S/C14H22N2OS/c1-2-9-16-14(17)12-10-7-5-3-4-6-8-11(10)18-13(12)15/h2-9,15H2,1H3,(H,16,17). The molecule has 0 atom stereocenters. The molecule has 0 aliphatic heterocycles. The molecule has 3 nitrogen and oxygen atoms in total. The van der Waals surface area contributed by atoms with Crippen LogP contribution in [0.1, 0.15) is 59.8 Å². The maximum absolute atomic E-state index is 12.2. The number of fused-ring (bicyclic) bond motifs is 1. The molecular weight excluding hydrogens is 244 g/mol. The van der Waals surface area contributed by atoms with Crippen LogP contribution in [0.25, 0.3) is 0 Å². The highest BCUT2D eigenvalue weighted by Gasteiger charge is 2.22.